The molecule has 94 valence electrons. The average molecular weight is 578 g/mol. The third-order valence-electron chi connectivity index (χ3n) is 1.49. The number of hydrogen-bond donors (Lipinski definition) is 0. The molecule has 0 aliphatic carbocycles. The normalized spacial score (nSPS) is 11.4. The molecule has 1 aromatic heterocycles. The van der Waals surface area contributed by atoms with Gasteiger partial charge in [0.2, 0.25) is 0 Å². The number of hydrogen-bond acceptors (Lipinski definition) is 5. The quantitative estimate of drug-likeness (QED) is 0.177. The SMILES string of the molecule is Cc1oc(=O)oc1COC(=O)/N=C(/I)N(I)I. The molecule has 0 atom stereocenters. The van der Waals surface area contributed by atoms with Crippen LogP contribution >= 0.6 is 68.3 Å². The topological polar surface area (TPSA) is 85.2 Å². The lowest BCUT2D eigenvalue weighted by Gasteiger charge is -2.03. The number of ether oxygens (including phenoxy) is 1. The van der Waals surface area contributed by atoms with Crippen molar-refractivity contribution in [3.8, 4) is 0 Å². The summed E-state index contributed by atoms with van der Waals surface area (Å²) in [6.07, 6.45) is -0.768. The van der Waals surface area contributed by atoms with Gasteiger partial charge in [-0.1, -0.05) is 0 Å². The van der Waals surface area contributed by atoms with E-state index in [0.29, 0.717) is 3.84 Å². The van der Waals surface area contributed by atoms with Crippen molar-refractivity contribution < 1.29 is 18.4 Å². The summed E-state index contributed by atoms with van der Waals surface area (Å²) >= 11 is 5.78. The monoisotopic (exact) mass is 578 g/mol. The molecule has 0 saturated heterocycles. The van der Waals surface area contributed by atoms with E-state index >= 15 is 0 Å². The zero-order chi connectivity index (χ0) is 13.0. The first-order valence-corrected chi connectivity index (χ1v) is 7.03. The van der Waals surface area contributed by atoms with E-state index in [1.54, 1.807) is 8.25 Å². The van der Waals surface area contributed by atoms with Crippen molar-refractivity contribution in [2.75, 3.05) is 0 Å². The van der Waals surface area contributed by atoms with Gasteiger partial charge in [-0.15, -0.1) is 0 Å². The molecule has 0 unspecified atom stereocenters. The maximum Gasteiger partial charge on any atom is 0.519 e. The largest absolute Gasteiger partial charge is 0.519 e. The average Bonchev–Trinajstić information content (AvgIpc) is 2.54. The Balaban J connectivity index is 2.57. The van der Waals surface area contributed by atoms with Crippen LogP contribution in [-0.4, -0.2) is 11.3 Å². The molecule has 17 heavy (non-hydrogen) atoms. The molecule has 0 fully saturated rings. The summed E-state index contributed by atoms with van der Waals surface area (Å²) in [6.45, 7) is 1.35. The van der Waals surface area contributed by atoms with Crippen LogP contribution in [0.4, 0.5) is 4.79 Å². The Hall–Kier alpha value is 0.140. The first kappa shape index (κ1) is 15.2. The summed E-state index contributed by atoms with van der Waals surface area (Å²) in [5.41, 5.74) is 0. The minimum absolute atomic E-state index is 0.175. The molecule has 1 aromatic rings. The van der Waals surface area contributed by atoms with E-state index in [1.165, 1.54) is 0 Å². The van der Waals surface area contributed by atoms with Crippen molar-refractivity contribution in [2.45, 2.75) is 13.5 Å². The van der Waals surface area contributed by atoms with E-state index < -0.39 is 11.9 Å². The van der Waals surface area contributed by atoms with E-state index in [9.17, 15) is 9.59 Å². The van der Waals surface area contributed by atoms with Gasteiger partial charge in [-0.05, 0) is 6.92 Å². The zero-order valence-electron chi connectivity index (χ0n) is 8.28. The molecule has 0 spiro atoms. The summed E-state index contributed by atoms with van der Waals surface area (Å²) in [7, 11) is 0. The maximum atomic E-state index is 11.3. The van der Waals surface area contributed by atoms with Gasteiger partial charge in [-0.3, -0.25) is 0 Å². The number of amides is 1. The molecule has 0 aliphatic heterocycles. The van der Waals surface area contributed by atoms with Crippen molar-refractivity contribution >= 4 is 78.3 Å². The van der Waals surface area contributed by atoms with Gasteiger partial charge in [-0.25, -0.2) is 10.9 Å². The van der Waals surface area contributed by atoms with Crippen LogP contribution in [0.25, 0.3) is 0 Å². The molecule has 0 radical (unpaired) electrons. The molecule has 1 amide bonds. The fourth-order valence-electron chi connectivity index (χ4n) is 0.779. The molecule has 7 nitrogen and oxygen atoms in total. The third kappa shape index (κ3) is 5.11. The number of halogens is 3. The second-order valence-electron chi connectivity index (χ2n) is 2.60. The summed E-state index contributed by atoms with van der Waals surface area (Å²) < 4.78 is 16.1. The Kier molecular flexibility index (Phi) is 6.18. The van der Waals surface area contributed by atoms with Crippen molar-refractivity contribution in [1.29, 1.82) is 0 Å². The minimum Gasteiger partial charge on any atom is -0.440 e. The van der Waals surface area contributed by atoms with Crippen LogP contribution in [-0.2, 0) is 11.3 Å². The van der Waals surface area contributed by atoms with Crippen LogP contribution in [0.1, 0.15) is 11.5 Å². The molecule has 10 heteroatoms. The fourth-order valence-corrected chi connectivity index (χ4v) is 1.19. The van der Waals surface area contributed by atoms with E-state index in [2.05, 4.69) is 13.8 Å². The number of rotatable bonds is 2. The Bertz CT molecular complexity index is 492. The van der Waals surface area contributed by atoms with Gasteiger partial charge < -0.3 is 13.6 Å². The number of nitrogens with zero attached hydrogens (tertiary/aromatic N) is 2. The van der Waals surface area contributed by atoms with Crippen LogP contribution < -0.4 is 5.82 Å². The van der Waals surface area contributed by atoms with Crippen LogP contribution in [0.5, 0.6) is 0 Å². The maximum absolute atomic E-state index is 11.3. The highest BCUT2D eigenvalue weighted by atomic mass is 127. The van der Waals surface area contributed by atoms with E-state index in [-0.39, 0.29) is 18.1 Å². The van der Waals surface area contributed by atoms with Crippen LogP contribution in [0.3, 0.4) is 0 Å². The van der Waals surface area contributed by atoms with E-state index in [4.69, 9.17) is 4.74 Å². The molecule has 0 N–H and O–H groups in total. The third-order valence-corrected chi connectivity index (χ3v) is 4.97. The number of amidine groups is 1. The van der Waals surface area contributed by atoms with Crippen molar-refractivity contribution in [3.63, 3.8) is 0 Å². The summed E-state index contributed by atoms with van der Waals surface area (Å²) in [4.78, 5) is 25.6. The Labute approximate surface area is 137 Å². The number of carbonyl (C=O) groups excluding carboxylic acids is 1. The molecular formula is C7H5I3N2O5. The molecule has 1 heterocycles. The molecule has 1 rings (SSSR count). The minimum atomic E-state index is -0.822. The first-order chi connectivity index (χ1) is 7.90. The molecule has 0 bridgehead atoms. The summed E-state index contributed by atoms with van der Waals surface area (Å²) in [6, 6.07) is 0. The highest BCUT2D eigenvalue weighted by Gasteiger charge is 2.12. The highest BCUT2D eigenvalue weighted by molar-refractivity contribution is 14.2. The van der Waals surface area contributed by atoms with Gasteiger partial charge in [-0.2, -0.15) is 4.99 Å². The predicted molar refractivity (Wildman–Crippen MR) is 83.5 cm³/mol. The zero-order valence-corrected chi connectivity index (χ0v) is 14.7. The van der Waals surface area contributed by atoms with Gasteiger partial charge in [0.25, 0.3) is 0 Å². The van der Waals surface area contributed by atoms with Crippen LogP contribution in [0, 0.1) is 6.92 Å². The lowest BCUT2D eigenvalue weighted by Crippen LogP contribution is -2.07. The Morgan fingerprint density at radius 2 is 2.12 bits per heavy atom. The standard InChI is InChI=1S/C7H5I3N2O5/c1-3-4(17-7(14)16-3)2-15-6(13)11-5(8)12(9)10/h2H2,1H3/b11-5-. The van der Waals surface area contributed by atoms with Gasteiger partial charge in [0, 0.05) is 22.6 Å². The second-order valence-corrected chi connectivity index (χ2v) is 7.34. The lowest BCUT2D eigenvalue weighted by atomic mass is 10.4. The fraction of sp³-hybridized carbons (Fsp3) is 0.286. The number of aryl methyl sites for hydroxylation is 1. The van der Waals surface area contributed by atoms with Gasteiger partial charge in [0.1, 0.15) is 0 Å². The molecule has 0 aliphatic rings. The van der Waals surface area contributed by atoms with Crippen molar-refractivity contribution in [2.24, 2.45) is 4.99 Å². The van der Waals surface area contributed by atoms with E-state index in [0.717, 1.165) is 0 Å². The van der Waals surface area contributed by atoms with Crippen LogP contribution in [0.2, 0.25) is 0 Å². The Morgan fingerprint density at radius 1 is 1.47 bits per heavy atom. The number of aliphatic imine (C=N–C) groups is 1. The smallest absolute Gasteiger partial charge is 0.440 e. The number of carbonyl (C=O) groups is 1. The molecule has 0 aromatic carbocycles. The van der Waals surface area contributed by atoms with Gasteiger partial charge in [0.05, 0.1) is 45.7 Å². The van der Waals surface area contributed by atoms with E-state index in [1.807, 2.05) is 68.3 Å². The summed E-state index contributed by atoms with van der Waals surface area (Å²) in [5, 5.41) is 0. The molecule has 0 saturated carbocycles. The van der Waals surface area contributed by atoms with Crippen LogP contribution in [0.15, 0.2) is 18.6 Å². The predicted octanol–water partition coefficient (Wildman–Crippen LogP) is 2.97. The molecular weight excluding hydrogens is 573 g/mol. The lowest BCUT2D eigenvalue weighted by molar-refractivity contribution is 0.141. The highest BCUT2D eigenvalue weighted by Crippen LogP contribution is 2.14. The first-order valence-electron chi connectivity index (χ1n) is 4.02. The van der Waals surface area contributed by atoms with Gasteiger partial charge >= 0.3 is 11.9 Å². The van der Waals surface area contributed by atoms with Crippen molar-refractivity contribution in [3.05, 3.63) is 22.1 Å². The van der Waals surface area contributed by atoms with Gasteiger partial charge in [0.15, 0.2) is 22.0 Å². The van der Waals surface area contributed by atoms with Crippen molar-refractivity contribution in [1.82, 2.24) is 1.33 Å². The Morgan fingerprint density at radius 3 is 2.59 bits per heavy atom. The second kappa shape index (κ2) is 6.91. The summed E-state index contributed by atoms with van der Waals surface area (Å²) in [5.74, 6) is -0.363.